The second-order valence-corrected chi connectivity index (χ2v) is 5.36. The number of nitrogens with one attached hydrogen (secondary N) is 1. The predicted molar refractivity (Wildman–Crippen MR) is 111 cm³/mol. The van der Waals surface area contributed by atoms with E-state index in [9.17, 15) is 14.0 Å². The number of imidazole rings is 1. The molecule has 3 aromatic rings. The molecule has 1 amide bonds. The Kier molecular flexibility index (Phi) is 9.60. The molecule has 0 aliphatic rings. The summed E-state index contributed by atoms with van der Waals surface area (Å²) >= 11 is 5.97. The summed E-state index contributed by atoms with van der Waals surface area (Å²) in [6.07, 6.45) is 4.28. The van der Waals surface area contributed by atoms with E-state index >= 15 is 0 Å². The summed E-state index contributed by atoms with van der Waals surface area (Å²) in [5, 5.41) is 2.98. The third kappa shape index (κ3) is 6.03. The number of nitrogens with zero attached hydrogens (tertiary/aromatic N) is 2. The summed E-state index contributed by atoms with van der Waals surface area (Å²) in [4.78, 5) is 28.6. The standard InChI is InChI=1S/C17H11ClFN3O2.2C2H6/c18-12-3-6-15(21-17(24)22-8-7-20-10-22)14(9-12)16(23)11-1-4-13(19)5-2-11;2*1-2/h1-10H,(H,21,24);2*1-2H3. The number of benzene rings is 2. The van der Waals surface area contributed by atoms with Crippen molar-refractivity contribution >= 4 is 29.1 Å². The molecule has 0 aliphatic heterocycles. The quantitative estimate of drug-likeness (QED) is 0.542. The van der Waals surface area contributed by atoms with Crippen LogP contribution in [0.1, 0.15) is 43.6 Å². The minimum Gasteiger partial charge on any atom is -0.306 e. The molecule has 0 saturated heterocycles. The van der Waals surface area contributed by atoms with E-state index in [2.05, 4.69) is 10.3 Å². The first-order chi connectivity index (χ1) is 13.5. The van der Waals surface area contributed by atoms with Crippen LogP contribution in [0.15, 0.2) is 61.2 Å². The largest absolute Gasteiger partial charge is 0.331 e. The normalized spacial score (nSPS) is 9.36. The maximum atomic E-state index is 13.0. The SMILES string of the molecule is CC.CC.O=C(c1ccc(F)cc1)c1cc(Cl)ccc1NC(=O)n1ccnc1. The van der Waals surface area contributed by atoms with Crippen molar-refractivity contribution in [2.45, 2.75) is 27.7 Å². The zero-order valence-corrected chi connectivity index (χ0v) is 17.0. The molecule has 0 radical (unpaired) electrons. The molecular weight excluding hydrogens is 381 g/mol. The zero-order valence-electron chi connectivity index (χ0n) is 16.2. The summed E-state index contributed by atoms with van der Waals surface area (Å²) in [7, 11) is 0. The van der Waals surface area contributed by atoms with Gasteiger partial charge in [0.15, 0.2) is 5.78 Å². The Morgan fingerprint density at radius 1 is 1.04 bits per heavy atom. The van der Waals surface area contributed by atoms with E-state index in [-0.39, 0.29) is 16.9 Å². The molecule has 0 spiro atoms. The van der Waals surface area contributed by atoms with Crippen molar-refractivity contribution in [3.8, 4) is 0 Å². The van der Waals surface area contributed by atoms with E-state index in [1.807, 2.05) is 27.7 Å². The maximum absolute atomic E-state index is 13.0. The highest BCUT2D eigenvalue weighted by atomic mass is 35.5. The van der Waals surface area contributed by atoms with E-state index in [4.69, 9.17) is 11.6 Å². The summed E-state index contributed by atoms with van der Waals surface area (Å²) in [6.45, 7) is 8.00. The topological polar surface area (TPSA) is 64.0 Å². The first kappa shape index (κ1) is 23.0. The third-order valence-electron chi connectivity index (χ3n) is 3.31. The first-order valence-corrected chi connectivity index (χ1v) is 9.31. The summed E-state index contributed by atoms with van der Waals surface area (Å²) < 4.78 is 14.3. The fourth-order valence-corrected chi connectivity index (χ4v) is 2.30. The van der Waals surface area contributed by atoms with E-state index in [0.29, 0.717) is 10.7 Å². The molecule has 1 heterocycles. The number of aromatic nitrogens is 2. The van der Waals surface area contributed by atoms with Crippen molar-refractivity contribution in [3.05, 3.63) is 83.2 Å². The summed E-state index contributed by atoms with van der Waals surface area (Å²) in [5.41, 5.74) is 0.798. The molecule has 0 atom stereocenters. The monoisotopic (exact) mass is 403 g/mol. The van der Waals surface area contributed by atoms with Gasteiger partial charge < -0.3 is 5.32 Å². The number of carbonyl (C=O) groups excluding carboxylic acids is 2. The van der Waals surface area contributed by atoms with Gasteiger partial charge in [0.1, 0.15) is 12.1 Å². The van der Waals surface area contributed by atoms with Gasteiger partial charge in [0, 0.05) is 28.5 Å². The van der Waals surface area contributed by atoms with Crippen molar-refractivity contribution in [1.82, 2.24) is 9.55 Å². The Labute approximate surface area is 169 Å². The lowest BCUT2D eigenvalue weighted by Crippen LogP contribution is -2.19. The second-order valence-electron chi connectivity index (χ2n) is 4.93. The molecule has 7 heteroatoms. The Hall–Kier alpha value is -2.99. The molecule has 1 N–H and O–H groups in total. The van der Waals surface area contributed by atoms with Gasteiger partial charge in [0.05, 0.1) is 5.69 Å². The average Bonchev–Trinajstić information content (AvgIpc) is 3.27. The number of rotatable bonds is 3. The molecule has 148 valence electrons. The lowest BCUT2D eigenvalue weighted by molar-refractivity contribution is 0.103. The van der Waals surface area contributed by atoms with Crippen molar-refractivity contribution in [3.63, 3.8) is 0 Å². The molecule has 5 nitrogen and oxygen atoms in total. The molecule has 3 rings (SSSR count). The van der Waals surface area contributed by atoms with Crippen LogP contribution >= 0.6 is 11.6 Å². The van der Waals surface area contributed by atoms with Crippen LogP contribution in [0.3, 0.4) is 0 Å². The number of ketones is 1. The van der Waals surface area contributed by atoms with Crippen molar-refractivity contribution < 1.29 is 14.0 Å². The van der Waals surface area contributed by atoms with Crippen molar-refractivity contribution in [2.75, 3.05) is 5.32 Å². The number of amides is 1. The van der Waals surface area contributed by atoms with Gasteiger partial charge in [-0.3, -0.25) is 9.36 Å². The highest BCUT2D eigenvalue weighted by Crippen LogP contribution is 2.24. The number of anilines is 1. The van der Waals surface area contributed by atoms with Crippen LogP contribution in [0.25, 0.3) is 0 Å². The summed E-state index contributed by atoms with van der Waals surface area (Å²) in [5.74, 6) is -0.815. The van der Waals surface area contributed by atoms with Gasteiger partial charge in [0.25, 0.3) is 0 Å². The Morgan fingerprint density at radius 3 is 2.25 bits per heavy atom. The zero-order chi connectivity index (χ0) is 21.1. The van der Waals surface area contributed by atoms with Gasteiger partial charge in [-0.25, -0.2) is 14.2 Å². The van der Waals surface area contributed by atoms with Crippen molar-refractivity contribution in [1.29, 1.82) is 0 Å². The van der Waals surface area contributed by atoms with E-state index in [0.717, 1.165) is 0 Å². The smallest absolute Gasteiger partial charge is 0.306 e. The highest BCUT2D eigenvalue weighted by Gasteiger charge is 2.16. The molecule has 2 aromatic carbocycles. The molecule has 0 saturated carbocycles. The number of carbonyl (C=O) groups is 2. The van der Waals surface area contributed by atoms with Gasteiger partial charge in [-0.05, 0) is 42.5 Å². The van der Waals surface area contributed by atoms with Crippen LogP contribution in [-0.2, 0) is 0 Å². The van der Waals surface area contributed by atoms with E-state index in [1.54, 1.807) is 6.07 Å². The molecule has 0 unspecified atom stereocenters. The average molecular weight is 404 g/mol. The Morgan fingerprint density at radius 2 is 1.68 bits per heavy atom. The molecule has 1 aromatic heterocycles. The second kappa shape index (κ2) is 11.7. The highest BCUT2D eigenvalue weighted by molar-refractivity contribution is 6.31. The first-order valence-electron chi connectivity index (χ1n) is 8.94. The van der Waals surface area contributed by atoms with Gasteiger partial charge in [0.2, 0.25) is 0 Å². The van der Waals surface area contributed by atoms with Crippen LogP contribution in [-0.4, -0.2) is 21.4 Å². The van der Waals surface area contributed by atoms with Crippen LogP contribution in [0.2, 0.25) is 5.02 Å². The molecule has 28 heavy (non-hydrogen) atoms. The fourth-order valence-electron chi connectivity index (χ4n) is 2.13. The Bertz CT molecular complexity index is 895. The fraction of sp³-hybridized carbons (Fsp3) is 0.190. The van der Waals surface area contributed by atoms with Crippen LogP contribution in [0.4, 0.5) is 14.9 Å². The van der Waals surface area contributed by atoms with Gasteiger partial charge >= 0.3 is 6.03 Å². The van der Waals surface area contributed by atoms with Crippen molar-refractivity contribution in [2.24, 2.45) is 0 Å². The molecule has 0 fully saturated rings. The van der Waals surface area contributed by atoms with Gasteiger partial charge in [-0.1, -0.05) is 39.3 Å². The van der Waals surface area contributed by atoms with Crippen LogP contribution < -0.4 is 5.32 Å². The minimum absolute atomic E-state index is 0.211. The molecular formula is C21H23ClFN3O2. The van der Waals surface area contributed by atoms with Crippen LogP contribution in [0, 0.1) is 5.82 Å². The summed E-state index contributed by atoms with van der Waals surface area (Å²) in [6, 6.07) is 9.23. The third-order valence-corrected chi connectivity index (χ3v) is 3.55. The maximum Gasteiger partial charge on any atom is 0.331 e. The van der Waals surface area contributed by atoms with E-state index in [1.165, 1.54) is 59.7 Å². The van der Waals surface area contributed by atoms with Gasteiger partial charge in [-0.15, -0.1) is 0 Å². The molecule has 0 aliphatic carbocycles. The Balaban J connectivity index is 0.000000921. The van der Waals surface area contributed by atoms with Gasteiger partial charge in [-0.2, -0.15) is 0 Å². The van der Waals surface area contributed by atoms with E-state index < -0.39 is 11.8 Å². The number of hydrogen-bond acceptors (Lipinski definition) is 3. The minimum atomic E-state index is -0.469. The van der Waals surface area contributed by atoms with Crippen LogP contribution in [0.5, 0.6) is 0 Å². The number of halogens is 2. The lowest BCUT2D eigenvalue weighted by Gasteiger charge is -2.11. The lowest BCUT2D eigenvalue weighted by atomic mass is 10.0. The molecule has 0 bridgehead atoms. The predicted octanol–water partition coefficient (Wildman–Crippen LogP) is 6.04. The number of hydrogen-bond donors (Lipinski definition) is 1.